The summed E-state index contributed by atoms with van der Waals surface area (Å²) in [6, 6.07) is 7.06. The molecule has 4 aromatic rings. The molecule has 3 N–H and O–H groups in total. The number of aromatic nitrogens is 4. The number of aryl methyl sites for hydroxylation is 1. The van der Waals surface area contributed by atoms with E-state index < -0.39 is 17.6 Å². The molecular weight excluding hydrogens is 547 g/mol. The molecule has 2 amide bonds. The molecule has 0 radical (unpaired) electrons. The molecule has 6 rings (SSSR count). The van der Waals surface area contributed by atoms with Crippen LogP contribution in [-0.2, 0) is 11.0 Å². The first-order chi connectivity index (χ1) is 20.0. The van der Waals surface area contributed by atoms with Gasteiger partial charge >= 0.3 is 6.18 Å². The molecule has 1 saturated heterocycles. The molecule has 1 aromatic carbocycles. The van der Waals surface area contributed by atoms with Gasteiger partial charge in [-0.1, -0.05) is 18.7 Å². The first kappa shape index (κ1) is 27.4. The van der Waals surface area contributed by atoms with Crippen molar-refractivity contribution in [2.45, 2.75) is 32.0 Å². The minimum Gasteiger partial charge on any atom is -0.383 e. The van der Waals surface area contributed by atoms with Gasteiger partial charge in [0.2, 0.25) is 5.91 Å². The molecule has 12 heteroatoms. The third-order valence-corrected chi connectivity index (χ3v) is 8.36. The fourth-order valence-corrected chi connectivity index (χ4v) is 6.35. The summed E-state index contributed by atoms with van der Waals surface area (Å²) in [7, 11) is 0. The summed E-state index contributed by atoms with van der Waals surface area (Å²) in [6.45, 7) is 6.79. The van der Waals surface area contributed by atoms with Crippen LogP contribution in [0.4, 0.5) is 24.8 Å². The van der Waals surface area contributed by atoms with Crippen LogP contribution in [0.2, 0.25) is 0 Å². The number of amides is 2. The van der Waals surface area contributed by atoms with Gasteiger partial charge in [0.1, 0.15) is 23.6 Å². The number of fused-ring (bicyclic) bond motifs is 2. The number of carbonyl (C=O) groups is 2. The van der Waals surface area contributed by atoms with E-state index in [1.165, 1.54) is 12.4 Å². The number of carbonyl (C=O) groups excluding carboxylic acids is 2. The second-order valence-corrected chi connectivity index (χ2v) is 10.9. The molecule has 2 aliphatic rings. The van der Waals surface area contributed by atoms with E-state index in [0.717, 1.165) is 47.9 Å². The molecule has 1 aliphatic carbocycles. The highest BCUT2D eigenvalue weighted by Crippen LogP contribution is 2.46. The first-order valence-electron chi connectivity index (χ1n) is 13.5. The molecule has 216 valence electrons. The number of hydrogen-bond donors (Lipinski definition) is 2. The maximum Gasteiger partial charge on any atom is 0.416 e. The number of pyridine rings is 1. The van der Waals surface area contributed by atoms with Crippen LogP contribution in [0.25, 0.3) is 22.2 Å². The van der Waals surface area contributed by atoms with Gasteiger partial charge < -0.3 is 20.5 Å². The smallest absolute Gasteiger partial charge is 0.383 e. The topological polar surface area (TPSA) is 119 Å². The van der Waals surface area contributed by atoms with E-state index in [4.69, 9.17) is 5.73 Å². The molecule has 2 atom stereocenters. The molecule has 3 aromatic heterocycles. The van der Waals surface area contributed by atoms with Gasteiger partial charge in [0.15, 0.2) is 0 Å². The predicted octanol–water partition coefficient (Wildman–Crippen LogP) is 5.25. The zero-order chi connectivity index (χ0) is 29.8. The summed E-state index contributed by atoms with van der Waals surface area (Å²) in [5, 5.41) is 3.17. The monoisotopic (exact) mass is 575 g/mol. The highest BCUT2D eigenvalue weighted by Gasteiger charge is 2.43. The number of anilines is 2. The molecule has 4 heterocycles. The molecule has 1 saturated carbocycles. The van der Waals surface area contributed by atoms with Crippen LogP contribution in [-0.4, -0.2) is 49.3 Å². The van der Waals surface area contributed by atoms with Gasteiger partial charge in [-0.2, -0.15) is 13.2 Å². The fraction of sp³-hybridized carbons (Fsp3) is 0.300. The van der Waals surface area contributed by atoms with Crippen molar-refractivity contribution in [3.8, 4) is 11.1 Å². The van der Waals surface area contributed by atoms with Gasteiger partial charge in [-0.15, -0.1) is 0 Å². The van der Waals surface area contributed by atoms with E-state index >= 15 is 0 Å². The van der Waals surface area contributed by atoms with E-state index in [0.29, 0.717) is 47.3 Å². The lowest BCUT2D eigenvalue weighted by Crippen LogP contribution is -2.28. The van der Waals surface area contributed by atoms with Gasteiger partial charge in [-0.25, -0.2) is 15.0 Å². The van der Waals surface area contributed by atoms with Crippen LogP contribution >= 0.6 is 0 Å². The van der Waals surface area contributed by atoms with Crippen LogP contribution in [0.15, 0.2) is 61.7 Å². The van der Waals surface area contributed by atoms with Gasteiger partial charge in [0.05, 0.1) is 10.9 Å². The molecule has 9 nitrogen and oxygen atoms in total. The van der Waals surface area contributed by atoms with Crippen molar-refractivity contribution < 1.29 is 22.8 Å². The van der Waals surface area contributed by atoms with Crippen molar-refractivity contribution in [1.29, 1.82) is 0 Å². The Hall–Kier alpha value is -4.74. The largest absolute Gasteiger partial charge is 0.416 e. The number of benzene rings is 1. The number of likely N-dealkylation sites (tertiary alicyclic amines) is 1. The number of rotatable bonds is 5. The molecule has 0 spiro atoms. The van der Waals surface area contributed by atoms with Gasteiger partial charge in [-0.05, 0) is 67.0 Å². The maximum atomic E-state index is 13.1. The van der Waals surface area contributed by atoms with Crippen LogP contribution in [0.3, 0.4) is 0 Å². The summed E-state index contributed by atoms with van der Waals surface area (Å²) in [4.78, 5) is 39.6. The Morgan fingerprint density at radius 1 is 1.10 bits per heavy atom. The van der Waals surface area contributed by atoms with E-state index in [9.17, 15) is 22.8 Å². The number of nitrogen functional groups attached to an aromatic ring is 1. The quantitative estimate of drug-likeness (QED) is 0.314. The summed E-state index contributed by atoms with van der Waals surface area (Å²) in [6.07, 6.45) is 3.09. The normalized spacial score (nSPS) is 20.1. The zero-order valence-electron chi connectivity index (χ0n) is 22.7. The Morgan fingerprint density at radius 2 is 1.83 bits per heavy atom. The summed E-state index contributed by atoms with van der Waals surface area (Å²) < 4.78 is 41.4. The van der Waals surface area contributed by atoms with Gasteiger partial charge in [0.25, 0.3) is 5.91 Å². The van der Waals surface area contributed by atoms with E-state index in [1.807, 2.05) is 17.2 Å². The number of nitrogens with two attached hydrogens (primary N) is 1. The average molecular weight is 576 g/mol. The Kier molecular flexibility index (Phi) is 6.71. The summed E-state index contributed by atoms with van der Waals surface area (Å²) in [5.41, 5.74) is 8.70. The molecule has 2 fully saturated rings. The number of alkyl halides is 3. The lowest BCUT2D eigenvalue weighted by molar-refractivity contribution is -0.137. The number of hydrogen-bond acceptors (Lipinski definition) is 6. The first-order valence-corrected chi connectivity index (χ1v) is 13.5. The Bertz CT molecular complexity index is 1720. The lowest BCUT2D eigenvalue weighted by Gasteiger charge is -2.19. The van der Waals surface area contributed by atoms with Crippen molar-refractivity contribution in [3.05, 3.63) is 78.4 Å². The van der Waals surface area contributed by atoms with Crippen LogP contribution in [0.5, 0.6) is 0 Å². The second-order valence-electron chi connectivity index (χ2n) is 10.9. The second kappa shape index (κ2) is 10.3. The van der Waals surface area contributed by atoms with Gasteiger partial charge in [-0.3, -0.25) is 9.59 Å². The third-order valence-electron chi connectivity index (χ3n) is 8.36. The third kappa shape index (κ3) is 4.86. The highest BCUT2D eigenvalue weighted by atomic mass is 19.4. The minimum atomic E-state index is -4.55. The van der Waals surface area contributed by atoms with Crippen LogP contribution < -0.4 is 11.1 Å². The van der Waals surface area contributed by atoms with Crippen molar-refractivity contribution >= 4 is 34.5 Å². The molecule has 42 heavy (non-hydrogen) atoms. The Labute approximate surface area is 239 Å². The number of halogens is 3. The number of nitrogens with one attached hydrogen (secondary N) is 1. The molecule has 0 bridgehead atoms. The highest BCUT2D eigenvalue weighted by molar-refractivity contribution is 6.06. The van der Waals surface area contributed by atoms with Crippen molar-refractivity contribution in [1.82, 2.24) is 24.4 Å². The van der Waals surface area contributed by atoms with Crippen LogP contribution in [0, 0.1) is 18.8 Å². The van der Waals surface area contributed by atoms with E-state index in [2.05, 4.69) is 31.4 Å². The van der Waals surface area contributed by atoms with Gasteiger partial charge in [0, 0.05) is 42.7 Å². The molecule has 2 unspecified atom stereocenters. The average Bonchev–Trinajstić information content (AvgIpc) is 3.64. The zero-order valence-corrected chi connectivity index (χ0v) is 22.7. The van der Waals surface area contributed by atoms with E-state index in [-0.39, 0.29) is 17.8 Å². The Morgan fingerprint density at radius 3 is 2.50 bits per heavy atom. The maximum absolute atomic E-state index is 13.1. The lowest BCUT2D eigenvalue weighted by atomic mass is 9.99. The van der Waals surface area contributed by atoms with Crippen molar-refractivity contribution in [2.75, 3.05) is 24.1 Å². The minimum absolute atomic E-state index is 0.0336. The molecule has 1 aliphatic heterocycles. The molecular formula is C30H28F3N7O2. The van der Waals surface area contributed by atoms with Crippen molar-refractivity contribution in [3.63, 3.8) is 0 Å². The fourth-order valence-electron chi connectivity index (χ4n) is 6.35. The van der Waals surface area contributed by atoms with Crippen molar-refractivity contribution in [2.24, 2.45) is 11.8 Å². The number of nitrogens with zero attached hydrogens (tertiary/aromatic N) is 5. The van der Waals surface area contributed by atoms with Crippen LogP contribution in [0.1, 0.15) is 40.4 Å². The van der Waals surface area contributed by atoms with E-state index in [1.54, 1.807) is 19.1 Å². The predicted molar refractivity (Wildman–Crippen MR) is 151 cm³/mol. The Balaban J connectivity index is 1.28. The SMILES string of the molecule is C=CC(=O)N1CC2CC(n3cc(-c4ccc(C(=O)Nc5cc(C(F)(F)F)ccn5)c(C)c4)c4c(N)ncnc43)CC2C1. The summed E-state index contributed by atoms with van der Waals surface area (Å²) in [5.74, 6) is 0.330. The standard InChI is InChI=1S/C30H28F3N7O2/c1-3-25(41)39-12-18-9-21(10-19(18)13-39)40-14-23(26-27(34)36-15-37-28(26)40)17-4-5-22(16(2)8-17)29(42)38-24-11-20(6-7-35-24)30(31,32)33/h3-8,11,14-15,18-19,21H,1,9-10,12-13H2,2H3,(H2,34,36,37)(H,35,38,42). The summed E-state index contributed by atoms with van der Waals surface area (Å²) >= 11 is 0.